The van der Waals surface area contributed by atoms with Crippen molar-refractivity contribution in [2.24, 2.45) is 0 Å². The largest absolute Gasteiger partial charge is 0.364 e. The van der Waals surface area contributed by atoms with Crippen LogP contribution in [0.1, 0.15) is 0 Å². The Balaban J connectivity index is 1.94. The van der Waals surface area contributed by atoms with E-state index in [9.17, 15) is 28.8 Å². The lowest BCUT2D eigenvalue weighted by Crippen LogP contribution is -2.46. The fourth-order valence-corrected chi connectivity index (χ4v) is 2.39. The van der Waals surface area contributed by atoms with Gasteiger partial charge < -0.3 is 14.4 Å². The molecule has 10 heteroatoms. The molecule has 0 N–H and O–H groups in total. The lowest BCUT2D eigenvalue weighted by Gasteiger charge is -2.26. The number of hydrogen-bond donors (Lipinski definition) is 0. The molecule has 0 fully saturated rings. The van der Waals surface area contributed by atoms with Gasteiger partial charge in [0.05, 0.1) is 0 Å². The van der Waals surface area contributed by atoms with Gasteiger partial charge in [-0.25, -0.2) is 0 Å². The predicted octanol–water partition coefficient (Wildman–Crippen LogP) is -2.12. The Kier molecular flexibility index (Phi) is 6.50. The van der Waals surface area contributed by atoms with Crippen LogP contribution in [0, 0.1) is 0 Å². The van der Waals surface area contributed by atoms with Crippen molar-refractivity contribution in [3.05, 3.63) is 24.3 Å². The summed E-state index contributed by atoms with van der Waals surface area (Å²) in [7, 11) is 0. The molecule has 0 atom stereocenters. The zero-order valence-corrected chi connectivity index (χ0v) is 13.8. The molecule has 0 bridgehead atoms. The molecule has 2 aliphatic rings. The molecule has 2 rings (SSSR count). The monoisotopic (exact) mass is 363 g/mol. The van der Waals surface area contributed by atoms with E-state index in [1.54, 1.807) is 0 Å². The lowest BCUT2D eigenvalue weighted by atomic mass is 10.3. The van der Waals surface area contributed by atoms with E-state index in [0.29, 0.717) is 6.29 Å². The van der Waals surface area contributed by atoms with E-state index in [1.165, 1.54) is 4.90 Å². The summed E-state index contributed by atoms with van der Waals surface area (Å²) in [5, 5.41) is 0. The maximum Gasteiger partial charge on any atom is 0.253 e. The summed E-state index contributed by atoms with van der Waals surface area (Å²) in [6.07, 6.45) is 5.03. The first kappa shape index (κ1) is 19.2. The van der Waals surface area contributed by atoms with Gasteiger partial charge in [-0.2, -0.15) is 0 Å². The Bertz CT molecular complexity index is 616. The number of aldehydes is 1. The molecule has 0 saturated heterocycles. The number of hydrogen-bond acceptors (Lipinski definition) is 7. The van der Waals surface area contributed by atoms with Gasteiger partial charge in [-0.1, -0.05) is 0 Å². The predicted molar refractivity (Wildman–Crippen MR) is 85.2 cm³/mol. The summed E-state index contributed by atoms with van der Waals surface area (Å²) in [6, 6.07) is 0. The minimum atomic E-state index is -0.494. The fourth-order valence-electron chi connectivity index (χ4n) is 2.39. The molecule has 2 heterocycles. The number of carbonyl (C=O) groups is 6. The molecule has 0 saturated carbocycles. The highest BCUT2D eigenvalue weighted by Gasteiger charge is 2.27. The number of amides is 5. The molecule has 0 spiro atoms. The third-order valence-electron chi connectivity index (χ3n) is 3.75. The first-order valence-corrected chi connectivity index (χ1v) is 7.80. The average molecular weight is 363 g/mol. The van der Waals surface area contributed by atoms with Gasteiger partial charge in [0.2, 0.25) is 5.91 Å². The molecule has 2 aliphatic heterocycles. The maximum absolute atomic E-state index is 12.2. The zero-order valence-electron chi connectivity index (χ0n) is 13.8. The van der Waals surface area contributed by atoms with E-state index >= 15 is 0 Å². The second-order valence-electron chi connectivity index (χ2n) is 5.39. The minimum absolute atomic E-state index is 0.00604. The highest BCUT2D eigenvalue weighted by molar-refractivity contribution is 6.13. The van der Waals surface area contributed by atoms with Crippen LogP contribution in [-0.4, -0.2) is 89.9 Å². The van der Waals surface area contributed by atoms with Crippen LogP contribution in [0.5, 0.6) is 0 Å². The summed E-state index contributed by atoms with van der Waals surface area (Å²) in [4.78, 5) is 72.0. The third-order valence-corrected chi connectivity index (χ3v) is 3.75. The summed E-state index contributed by atoms with van der Waals surface area (Å²) in [5.74, 6) is -2.41. The lowest BCUT2D eigenvalue weighted by molar-refractivity contribution is -0.142. The van der Waals surface area contributed by atoms with Crippen LogP contribution in [0.25, 0.3) is 0 Å². The Hall–Kier alpha value is -3.14. The Morgan fingerprint density at radius 1 is 0.885 bits per heavy atom. The van der Waals surface area contributed by atoms with Gasteiger partial charge in [-0.05, 0) is 0 Å². The van der Waals surface area contributed by atoms with Crippen LogP contribution < -0.4 is 0 Å². The van der Waals surface area contributed by atoms with E-state index in [0.717, 1.165) is 34.1 Å². The molecule has 0 radical (unpaired) electrons. The first-order chi connectivity index (χ1) is 12.4. The van der Waals surface area contributed by atoms with Gasteiger partial charge in [-0.3, -0.25) is 33.8 Å². The van der Waals surface area contributed by atoms with Crippen LogP contribution in [0.2, 0.25) is 0 Å². The van der Waals surface area contributed by atoms with Crippen LogP contribution in [-0.2, 0) is 33.5 Å². The highest BCUT2D eigenvalue weighted by Crippen LogP contribution is 2.06. The smallest absolute Gasteiger partial charge is 0.253 e. The van der Waals surface area contributed by atoms with Gasteiger partial charge in [0.25, 0.3) is 23.6 Å². The van der Waals surface area contributed by atoms with Crippen LogP contribution in [0.3, 0.4) is 0 Å². The van der Waals surface area contributed by atoms with E-state index in [2.05, 4.69) is 0 Å². The molecule has 5 amide bonds. The van der Waals surface area contributed by atoms with Crippen molar-refractivity contribution >= 4 is 35.8 Å². The SMILES string of the molecule is O=CCOCC(=O)N(CCN1C(=O)C=CC1=O)CCN1C(=O)C=CC1=O. The number of carbonyl (C=O) groups excluding carboxylic acids is 6. The Morgan fingerprint density at radius 2 is 1.31 bits per heavy atom. The maximum atomic E-state index is 12.2. The van der Waals surface area contributed by atoms with E-state index in [4.69, 9.17) is 4.74 Å². The van der Waals surface area contributed by atoms with Crippen molar-refractivity contribution in [1.29, 1.82) is 0 Å². The quantitative estimate of drug-likeness (QED) is 0.247. The molecule has 26 heavy (non-hydrogen) atoms. The standard InChI is InChI=1S/C16H17N3O7/c20-9-10-26-11-16(25)17(5-7-18-12(21)1-2-13(18)22)6-8-19-14(23)3-4-15(19)24/h1-4,9H,5-8,10-11H2. The molecule has 0 aliphatic carbocycles. The van der Waals surface area contributed by atoms with E-state index in [-0.39, 0.29) is 39.4 Å². The minimum Gasteiger partial charge on any atom is -0.364 e. The molecule has 0 unspecified atom stereocenters. The van der Waals surface area contributed by atoms with Crippen molar-refractivity contribution < 1.29 is 33.5 Å². The number of ether oxygens (including phenoxy) is 1. The third kappa shape index (κ3) is 4.70. The van der Waals surface area contributed by atoms with Gasteiger partial charge in [-0.15, -0.1) is 0 Å². The van der Waals surface area contributed by atoms with Crippen molar-refractivity contribution in [3.8, 4) is 0 Å². The summed E-state index contributed by atoms with van der Waals surface area (Å²) in [5.41, 5.74) is 0. The van der Waals surface area contributed by atoms with Crippen molar-refractivity contribution in [2.45, 2.75) is 0 Å². The van der Waals surface area contributed by atoms with Crippen molar-refractivity contribution in [3.63, 3.8) is 0 Å². The molecular weight excluding hydrogens is 346 g/mol. The van der Waals surface area contributed by atoms with Crippen LogP contribution >= 0.6 is 0 Å². The number of rotatable bonds is 10. The van der Waals surface area contributed by atoms with Crippen LogP contribution in [0.4, 0.5) is 0 Å². The van der Waals surface area contributed by atoms with Gasteiger partial charge in [0.15, 0.2) is 0 Å². The molecule has 10 nitrogen and oxygen atoms in total. The fraction of sp³-hybridized carbons (Fsp3) is 0.375. The van der Waals surface area contributed by atoms with Crippen LogP contribution in [0.15, 0.2) is 24.3 Å². The molecular formula is C16H17N3O7. The topological polar surface area (TPSA) is 121 Å². The number of nitrogens with zero attached hydrogens (tertiary/aromatic N) is 3. The number of imide groups is 2. The van der Waals surface area contributed by atoms with Crippen molar-refractivity contribution in [2.75, 3.05) is 39.4 Å². The Labute approximate surface area is 148 Å². The van der Waals surface area contributed by atoms with Gasteiger partial charge in [0.1, 0.15) is 19.5 Å². The molecule has 0 aromatic rings. The van der Waals surface area contributed by atoms with E-state index < -0.39 is 29.5 Å². The summed E-state index contributed by atoms with van der Waals surface area (Å²) >= 11 is 0. The van der Waals surface area contributed by atoms with E-state index in [1.807, 2.05) is 0 Å². The van der Waals surface area contributed by atoms with Gasteiger partial charge in [0, 0.05) is 50.5 Å². The summed E-state index contributed by atoms with van der Waals surface area (Å²) < 4.78 is 4.87. The first-order valence-electron chi connectivity index (χ1n) is 7.80. The second kappa shape index (κ2) is 8.81. The zero-order chi connectivity index (χ0) is 19.1. The second-order valence-corrected chi connectivity index (χ2v) is 5.39. The Morgan fingerprint density at radius 3 is 1.69 bits per heavy atom. The molecule has 138 valence electrons. The molecule has 0 aromatic heterocycles. The summed E-state index contributed by atoms with van der Waals surface area (Å²) in [6.45, 7) is -0.689. The normalized spacial score (nSPS) is 16.2. The average Bonchev–Trinajstić information content (AvgIpc) is 3.10. The molecule has 0 aromatic carbocycles. The van der Waals surface area contributed by atoms with Gasteiger partial charge >= 0.3 is 0 Å². The van der Waals surface area contributed by atoms with Crippen molar-refractivity contribution in [1.82, 2.24) is 14.7 Å². The highest BCUT2D eigenvalue weighted by atomic mass is 16.5.